The van der Waals surface area contributed by atoms with Crippen molar-refractivity contribution in [3.63, 3.8) is 0 Å². The minimum atomic E-state index is 0.0745. The minimum absolute atomic E-state index is 0.0745. The van der Waals surface area contributed by atoms with Gasteiger partial charge in [0.05, 0.1) is 17.4 Å². The highest BCUT2D eigenvalue weighted by Gasteiger charge is 2.36. The second-order valence-electron chi connectivity index (χ2n) is 7.75. The third-order valence-corrected chi connectivity index (χ3v) is 5.65. The predicted molar refractivity (Wildman–Crippen MR) is 112 cm³/mol. The lowest BCUT2D eigenvalue weighted by Gasteiger charge is -2.43. The van der Waals surface area contributed by atoms with Gasteiger partial charge in [-0.25, -0.2) is 0 Å². The number of rotatable bonds is 3. The van der Waals surface area contributed by atoms with E-state index in [1.807, 2.05) is 17.1 Å². The molecule has 1 saturated carbocycles. The van der Waals surface area contributed by atoms with Crippen LogP contribution in [0.15, 0.2) is 60.5 Å². The fourth-order valence-corrected chi connectivity index (χ4v) is 4.11. The SMILES string of the molecule is C=C(C1CC1)N1CC(C)N(C(C)=O)c2ccc(C3=C(N)CC=CC=C3)cc21. The van der Waals surface area contributed by atoms with Gasteiger partial charge in [0.1, 0.15) is 0 Å². The Morgan fingerprint density at radius 3 is 2.70 bits per heavy atom. The number of hydrogen-bond acceptors (Lipinski definition) is 3. The number of allylic oxidation sites excluding steroid dienone is 6. The summed E-state index contributed by atoms with van der Waals surface area (Å²) in [6.45, 7) is 8.89. The molecule has 2 aliphatic carbocycles. The van der Waals surface area contributed by atoms with Crippen molar-refractivity contribution in [1.29, 1.82) is 0 Å². The van der Waals surface area contributed by atoms with E-state index in [1.165, 1.54) is 18.5 Å². The van der Waals surface area contributed by atoms with E-state index in [4.69, 9.17) is 5.73 Å². The topological polar surface area (TPSA) is 49.6 Å². The number of nitrogens with two attached hydrogens (primary N) is 1. The van der Waals surface area contributed by atoms with Gasteiger partial charge in [-0.1, -0.05) is 36.9 Å². The molecule has 1 aliphatic heterocycles. The van der Waals surface area contributed by atoms with Crippen molar-refractivity contribution in [2.24, 2.45) is 11.7 Å². The quantitative estimate of drug-likeness (QED) is 0.870. The molecular formula is C23H27N3O. The fraction of sp³-hybridized carbons (Fsp3) is 0.348. The molecule has 1 fully saturated rings. The maximum Gasteiger partial charge on any atom is 0.224 e. The lowest BCUT2D eigenvalue weighted by Crippen LogP contribution is -2.49. The molecule has 27 heavy (non-hydrogen) atoms. The van der Waals surface area contributed by atoms with Gasteiger partial charge in [-0.2, -0.15) is 0 Å². The maximum absolute atomic E-state index is 12.3. The number of benzene rings is 1. The summed E-state index contributed by atoms with van der Waals surface area (Å²) in [5, 5.41) is 0. The van der Waals surface area contributed by atoms with Crippen LogP contribution in [0.5, 0.6) is 0 Å². The Balaban J connectivity index is 1.82. The largest absolute Gasteiger partial charge is 0.401 e. The highest BCUT2D eigenvalue weighted by atomic mass is 16.2. The Kier molecular flexibility index (Phi) is 4.42. The lowest BCUT2D eigenvalue weighted by atomic mass is 9.98. The number of carbonyl (C=O) groups excluding carboxylic acids is 1. The van der Waals surface area contributed by atoms with Gasteiger partial charge in [0, 0.05) is 36.9 Å². The first kappa shape index (κ1) is 17.7. The Labute approximate surface area is 161 Å². The Morgan fingerprint density at radius 1 is 1.22 bits per heavy atom. The Morgan fingerprint density at radius 2 is 2.00 bits per heavy atom. The van der Waals surface area contributed by atoms with E-state index in [9.17, 15) is 4.79 Å². The molecule has 0 radical (unpaired) electrons. The highest BCUT2D eigenvalue weighted by Crippen LogP contribution is 2.45. The summed E-state index contributed by atoms with van der Waals surface area (Å²) in [7, 11) is 0. The molecule has 1 amide bonds. The van der Waals surface area contributed by atoms with Crippen LogP contribution in [-0.4, -0.2) is 18.5 Å². The van der Waals surface area contributed by atoms with Gasteiger partial charge in [0.2, 0.25) is 5.91 Å². The molecule has 2 N–H and O–H groups in total. The molecular weight excluding hydrogens is 334 g/mol. The maximum atomic E-state index is 12.3. The molecule has 0 aromatic heterocycles. The lowest BCUT2D eigenvalue weighted by molar-refractivity contribution is -0.117. The molecule has 1 unspecified atom stereocenters. The highest BCUT2D eigenvalue weighted by molar-refractivity contribution is 5.98. The molecule has 4 nitrogen and oxygen atoms in total. The average molecular weight is 361 g/mol. The van der Waals surface area contributed by atoms with Crippen molar-refractivity contribution in [2.45, 2.75) is 39.2 Å². The monoisotopic (exact) mass is 361 g/mol. The van der Waals surface area contributed by atoms with E-state index < -0.39 is 0 Å². The molecule has 140 valence electrons. The molecule has 1 heterocycles. The second-order valence-corrected chi connectivity index (χ2v) is 7.75. The van der Waals surface area contributed by atoms with Crippen LogP contribution in [0.4, 0.5) is 11.4 Å². The van der Waals surface area contributed by atoms with Gasteiger partial charge in [0.15, 0.2) is 0 Å². The minimum Gasteiger partial charge on any atom is -0.401 e. The third kappa shape index (κ3) is 3.20. The zero-order valence-corrected chi connectivity index (χ0v) is 16.1. The molecule has 4 heteroatoms. The third-order valence-electron chi connectivity index (χ3n) is 5.65. The van der Waals surface area contributed by atoms with Gasteiger partial charge < -0.3 is 15.5 Å². The number of hydrogen-bond donors (Lipinski definition) is 1. The number of amides is 1. The molecule has 1 aromatic rings. The summed E-state index contributed by atoms with van der Waals surface area (Å²) in [5.74, 6) is 0.648. The van der Waals surface area contributed by atoms with Gasteiger partial charge in [-0.15, -0.1) is 0 Å². The summed E-state index contributed by atoms with van der Waals surface area (Å²) in [6, 6.07) is 6.41. The molecule has 0 spiro atoms. The first-order valence-electron chi connectivity index (χ1n) is 9.69. The summed E-state index contributed by atoms with van der Waals surface area (Å²) in [5.41, 5.74) is 12.5. The van der Waals surface area contributed by atoms with E-state index in [0.717, 1.165) is 41.2 Å². The first-order valence-corrected chi connectivity index (χ1v) is 9.69. The molecule has 1 aromatic carbocycles. The molecule has 0 bridgehead atoms. The van der Waals surface area contributed by atoms with Gasteiger partial charge in [0.25, 0.3) is 0 Å². The van der Waals surface area contributed by atoms with E-state index >= 15 is 0 Å². The van der Waals surface area contributed by atoms with Gasteiger partial charge >= 0.3 is 0 Å². The van der Waals surface area contributed by atoms with Crippen molar-refractivity contribution in [3.05, 3.63) is 66.0 Å². The van der Waals surface area contributed by atoms with Crippen LogP contribution in [0.25, 0.3) is 5.57 Å². The van der Waals surface area contributed by atoms with E-state index in [-0.39, 0.29) is 11.9 Å². The van der Waals surface area contributed by atoms with Crippen LogP contribution in [-0.2, 0) is 4.79 Å². The number of nitrogens with zero attached hydrogens (tertiary/aromatic N) is 2. The van der Waals surface area contributed by atoms with Crippen LogP contribution in [0.1, 0.15) is 38.7 Å². The van der Waals surface area contributed by atoms with Crippen LogP contribution < -0.4 is 15.5 Å². The zero-order valence-electron chi connectivity index (χ0n) is 16.1. The zero-order chi connectivity index (χ0) is 19.1. The summed E-state index contributed by atoms with van der Waals surface area (Å²) in [6.07, 6.45) is 11.3. The normalized spacial score (nSPS) is 21.9. The molecule has 3 aliphatic rings. The standard InChI is InChI=1S/C23H27N3O/c1-15-14-25(16(2)18-9-10-18)23-13-19(11-12-22(23)26(15)17(3)27)20-7-5-4-6-8-21(20)24/h4-7,11-13,15,18H,2,8-10,14,24H2,1,3H3. The Hall–Kier alpha value is -2.75. The van der Waals surface area contributed by atoms with Crippen LogP contribution >= 0.6 is 0 Å². The molecule has 0 saturated heterocycles. The van der Waals surface area contributed by atoms with E-state index in [1.54, 1.807) is 6.92 Å². The molecule has 4 rings (SSSR count). The second kappa shape index (κ2) is 6.76. The smallest absolute Gasteiger partial charge is 0.224 e. The van der Waals surface area contributed by atoms with Crippen LogP contribution in [0, 0.1) is 5.92 Å². The molecule has 1 atom stereocenters. The van der Waals surface area contributed by atoms with Gasteiger partial charge in [-0.05, 0) is 43.4 Å². The van der Waals surface area contributed by atoms with Crippen molar-refractivity contribution >= 4 is 22.9 Å². The number of fused-ring (bicyclic) bond motifs is 1. The van der Waals surface area contributed by atoms with Crippen LogP contribution in [0.2, 0.25) is 0 Å². The van der Waals surface area contributed by atoms with Crippen molar-refractivity contribution in [2.75, 3.05) is 16.3 Å². The summed E-state index contributed by atoms with van der Waals surface area (Å²) < 4.78 is 0. The van der Waals surface area contributed by atoms with E-state index in [2.05, 4.69) is 48.8 Å². The summed E-state index contributed by atoms with van der Waals surface area (Å²) in [4.78, 5) is 16.5. The fourth-order valence-electron chi connectivity index (χ4n) is 4.11. The summed E-state index contributed by atoms with van der Waals surface area (Å²) >= 11 is 0. The predicted octanol–water partition coefficient (Wildman–Crippen LogP) is 4.36. The first-order chi connectivity index (χ1) is 13.0. The van der Waals surface area contributed by atoms with Crippen LogP contribution in [0.3, 0.4) is 0 Å². The Bertz CT molecular complexity index is 889. The van der Waals surface area contributed by atoms with Gasteiger partial charge in [-0.3, -0.25) is 4.79 Å². The number of anilines is 2. The average Bonchev–Trinajstić information content (AvgIpc) is 3.48. The van der Waals surface area contributed by atoms with Crippen molar-refractivity contribution in [3.8, 4) is 0 Å². The number of carbonyl (C=O) groups is 1. The van der Waals surface area contributed by atoms with Crippen molar-refractivity contribution in [1.82, 2.24) is 0 Å². The van der Waals surface area contributed by atoms with Crippen molar-refractivity contribution < 1.29 is 4.79 Å². The van der Waals surface area contributed by atoms with E-state index in [0.29, 0.717) is 5.92 Å².